The Balaban J connectivity index is 2.00. The van der Waals surface area contributed by atoms with Crippen LogP contribution >= 0.6 is 0 Å². The first-order valence-corrected chi connectivity index (χ1v) is 6.89. The molecule has 0 bridgehead atoms. The molecule has 110 valence electrons. The second-order valence-corrected chi connectivity index (χ2v) is 5.50. The molecule has 1 aromatic heterocycles. The van der Waals surface area contributed by atoms with Gasteiger partial charge in [0.15, 0.2) is 5.78 Å². The molecule has 3 rings (SSSR count). The van der Waals surface area contributed by atoms with E-state index >= 15 is 0 Å². The molecular weight excluding hydrogens is 272 g/mol. The molecule has 0 spiro atoms. The number of ether oxygens (including phenoxy) is 1. The fourth-order valence-corrected chi connectivity index (χ4v) is 2.95. The number of H-pyrrole nitrogens is 1. The van der Waals surface area contributed by atoms with Crippen molar-refractivity contribution in [3.63, 3.8) is 0 Å². The number of nitrogens with one attached hydrogen (secondary N) is 1. The van der Waals surface area contributed by atoms with Gasteiger partial charge in [0.2, 0.25) is 0 Å². The number of carbonyl (C=O) groups excluding carboxylic acids is 1. The SMILES string of the molecule is COC1(CC(=O)c2c[nH]c3cccc([N+](=O)[O-])c23)CCC1. The first-order chi connectivity index (χ1) is 10.1. The van der Waals surface area contributed by atoms with Crippen LogP contribution in [0.25, 0.3) is 10.9 Å². The van der Waals surface area contributed by atoms with Crippen molar-refractivity contribution in [1.29, 1.82) is 0 Å². The number of non-ortho nitro benzene ring substituents is 1. The summed E-state index contributed by atoms with van der Waals surface area (Å²) < 4.78 is 5.47. The molecule has 1 aliphatic carbocycles. The Labute approximate surface area is 121 Å². The summed E-state index contributed by atoms with van der Waals surface area (Å²) in [6, 6.07) is 4.75. The summed E-state index contributed by atoms with van der Waals surface area (Å²) in [5.41, 5.74) is 0.551. The fourth-order valence-electron chi connectivity index (χ4n) is 2.95. The lowest BCUT2D eigenvalue weighted by atomic mass is 9.76. The number of aromatic nitrogens is 1. The van der Waals surface area contributed by atoms with Gasteiger partial charge in [0.1, 0.15) is 0 Å². The summed E-state index contributed by atoms with van der Waals surface area (Å²) in [5.74, 6) is -0.114. The molecule has 0 unspecified atom stereocenters. The molecule has 0 atom stereocenters. The Morgan fingerprint density at radius 2 is 2.24 bits per heavy atom. The van der Waals surface area contributed by atoms with Crippen LogP contribution in [0.1, 0.15) is 36.0 Å². The normalized spacial score (nSPS) is 16.6. The summed E-state index contributed by atoms with van der Waals surface area (Å²) in [4.78, 5) is 26.2. The number of hydrogen-bond acceptors (Lipinski definition) is 4. The Bertz CT molecular complexity index is 710. The largest absolute Gasteiger partial charge is 0.378 e. The van der Waals surface area contributed by atoms with E-state index in [1.807, 2.05) is 0 Å². The fraction of sp³-hybridized carbons (Fsp3) is 0.400. The summed E-state index contributed by atoms with van der Waals surface area (Å²) >= 11 is 0. The Morgan fingerprint density at radius 1 is 1.48 bits per heavy atom. The summed E-state index contributed by atoms with van der Waals surface area (Å²) in [7, 11) is 1.62. The monoisotopic (exact) mass is 288 g/mol. The van der Waals surface area contributed by atoms with Crippen molar-refractivity contribution >= 4 is 22.4 Å². The third kappa shape index (κ3) is 2.21. The van der Waals surface area contributed by atoms with Crippen LogP contribution in [0.15, 0.2) is 24.4 Å². The molecule has 1 saturated carbocycles. The van der Waals surface area contributed by atoms with Gasteiger partial charge in [-0.25, -0.2) is 0 Å². The van der Waals surface area contributed by atoms with Crippen LogP contribution in [0, 0.1) is 10.1 Å². The van der Waals surface area contributed by atoms with Crippen molar-refractivity contribution in [3.05, 3.63) is 40.1 Å². The maximum absolute atomic E-state index is 12.5. The number of hydrogen-bond donors (Lipinski definition) is 1. The maximum Gasteiger partial charge on any atom is 0.279 e. The summed E-state index contributed by atoms with van der Waals surface area (Å²) in [5, 5.41) is 11.5. The van der Waals surface area contributed by atoms with E-state index in [9.17, 15) is 14.9 Å². The molecule has 1 fully saturated rings. The smallest absolute Gasteiger partial charge is 0.279 e. The minimum atomic E-state index is -0.456. The van der Waals surface area contributed by atoms with Crippen LogP contribution in [0.3, 0.4) is 0 Å². The predicted octanol–water partition coefficient (Wildman–Crippen LogP) is 3.22. The number of nitro benzene ring substituents is 1. The first-order valence-electron chi connectivity index (χ1n) is 6.89. The minimum Gasteiger partial charge on any atom is -0.378 e. The van der Waals surface area contributed by atoms with E-state index in [4.69, 9.17) is 4.74 Å². The van der Waals surface area contributed by atoms with Crippen molar-refractivity contribution in [1.82, 2.24) is 4.98 Å². The van der Waals surface area contributed by atoms with Crippen LogP contribution in [-0.2, 0) is 4.74 Å². The molecule has 1 aromatic carbocycles. The van der Waals surface area contributed by atoms with Crippen molar-refractivity contribution in [2.45, 2.75) is 31.3 Å². The van der Waals surface area contributed by atoms with Crippen molar-refractivity contribution in [2.75, 3.05) is 7.11 Å². The van der Waals surface area contributed by atoms with E-state index in [1.54, 1.807) is 25.4 Å². The lowest BCUT2D eigenvalue weighted by Crippen LogP contribution is -2.41. The Hall–Kier alpha value is -2.21. The summed E-state index contributed by atoms with van der Waals surface area (Å²) in [6.45, 7) is 0. The number of rotatable bonds is 5. The highest BCUT2D eigenvalue weighted by molar-refractivity contribution is 6.11. The second-order valence-electron chi connectivity index (χ2n) is 5.50. The number of nitrogens with zero attached hydrogens (tertiary/aromatic N) is 1. The van der Waals surface area contributed by atoms with Crippen LogP contribution in [0.2, 0.25) is 0 Å². The van der Waals surface area contributed by atoms with Gasteiger partial charge in [-0.3, -0.25) is 14.9 Å². The van der Waals surface area contributed by atoms with Gasteiger partial charge in [-0.15, -0.1) is 0 Å². The average Bonchev–Trinajstić information content (AvgIpc) is 2.86. The molecule has 0 saturated heterocycles. The molecular formula is C15H16N2O4. The zero-order valence-electron chi connectivity index (χ0n) is 11.7. The van der Waals surface area contributed by atoms with E-state index in [0.717, 1.165) is 19.3 Å². The highest BCUT2D eigenvalue weighted by atomic mass is 16.6. The molecule has 2 aromatic rings. The quantitative estimate of drug-likeness (QED) is 0.520. The van der Waals surface area contributed by atoms with Gasteiger partial charge >= 0.3 is 0 Å². The van der Waals surface area contributed by atoms with Crippen molar-refractivity contribution < 1.29 is 14.5 Å². The molecule has 0 amide bonds. The zero-order chi connectivity index (χ0) is 15.0. The number of benzene rings is 1. The number of methoxy groups -OCH3 is 1. The maximum atomic E-state index is 12.5. The van der Waals surface area contributed by atoms with Crippen LogP contribution < -0.4 is 0 Å². The predicted molar refractivity (Wildman–Crippen MR) is 77.5 cm³/mol. The van der Waals surface area contributed by atoms with E-state index in [0.29, 0.717) is 16.5 Å². The Morgan fingerprint density at radius 3 is 2.81 bits per heavy atom. The van der Waals surface area contributed by atoms with Gasteiger partial charge in [0.05, 0.1) is 21.4 Å². The molecule has 1 N–H and O–H groups in total. The molecule has 0 radical (unpaired) electrons. The molecule has 1 heterocycles. The van der Waals surface area contributed by atoms with Gasteiger partial charge < -0.3 is 9.72 Å². The van der Waals surface area contributed by atoms with E-state index in [-0.39, 0.29) is 23.5 Å². The van der Waals surface area contributed by atoms with Crippen molar-refractivity contribution in [2.24, 2.45) is 0 Å². The van der Waals surface area contributed by atoms with E-state index in [2.05, 4.69) is 4.98 Å². The van der Waals surface area contributed by atoms with E-state index in [1.165, 1.54) is 6.07 Å². The van der Waals surface area contributed by atoms with Gasteiger partial charge in [0.25, 0.3) is 5.69 Å². The Kier molecular flexibility index (Phi) is 3.25. The van der Waals surface area contributed by atoms with Crippen molar-refractivity contribution in [3.8, 4) is 0 Å². The lowest BCUT2D eigenvalue weighted by Gasteiger charge is -2.39. The van der Waals surface area contributed by atoms with E-state index < -0.39 is 4.92 Å². The molecule has 6 heteroatoms. The van der Waals surface area contributed by atoms with Crippen LogP contribution in [0.5, 0.6) is 0 Å². The number of fused-ring (bicyclic) bond motifs is 1. The summed E-state index contributed by atoms with van der Waals surface area (Å²) in [6.07, 6.45) is 4.60. The van der Waals surface area contributed by atoms with Gasteiger partial charge in [-0.1, -0.05) is 6.07 Å². The number of carbonyl (C=O) groups is 1. The van der Waals surface area contributed by atoms with Gasteiger partial charge in [-0.05, 0) is 25.3 Å². The van der Waals surface area contributed by atoms with Crippen LogP contribution in [0.4, 0.5) is 5.69 Å². The first kappa shape index (κ1) is 13.8. The molecule has 0 aliphatic heterocycles. The third-order valence-corrected chi connectivity index (χ3v) is 4.36. The number of ketones is 1. The zero-order valence-corrected chi connectivity index (χ0v) is 11.7. The lowest BCUT2D eigenvalue weighted by molar-refractivity contribution is -0.383. The number of aromatic amines is 1. The highest BCUT2D eigenvalue weighted by Gasteiger charge is 2.39. The number of nitro groups is 1. The molecule has 6 nitrogen and oxygen atoms in total. The topological polar surface area (TPSA) is 85.2 Å². The number of Topliss-reactive ketones (excluding diaryl/α,β-unsaturated/α-hetero) is 1. The van der Waals surface area contributed by atoms with Gasteiger partial charge in [-0.2, -0.15) is 0 Å². The average molecular weight is 288 g/mol. The van der Waals surface area contributed by atoms with Gasteiger partial charge in [0, 0.05) is 31.4 Å². The minimum absolute atomic E-state index is 0.0443. The third-order valence-electron chi connectivity index (χ3n) is 4.36. The second kappa shape index (κ2) is 4.96. The standard InChI is InChI=1S/C15H16N2O4/c1-21-15(6-3-7-15)8-13(18)10-9-16-11-4-2-5-12(14(10)11)17(19)20/h2,4-5,9,16H,3,6-8H2,1H3. The molecule has 1 aliphatic rings. The highest BCUT2D eigenvalue weighted by Crippen LogP contribution is 2.40. The molecule has 21 heavy (non-hydrogen) atoms. The van der Waals surface area contributed by atoms with Crippen LogP contribution in [-0.4, -0.2) is 28.4 Å².